The second kappa shape index (κ2) is 10.6. The smallest absolute Gasteiger partial charge is 0.312 e. The first-order valence-corrected chi connectivity index (χ1v) is 14.0. The predicted molar refractivity (Wildman–Crippen MR) is 150 cm³/mol. The van der Waals surface area contributed by atoms with Crippen LogP contribution in [0.5, 0.6) is 0 Å². The van der Waals surface area contributed by atoms with Crippen LogP contribution < -0.4 is 10.2 Å². The van der Waals surface area contributed by atoms with E-state index in [-0.39, 0.29) is 24.2 Å². The molecule has 3 heterocycles. The van der Waals surface area contributed by atoms with Crippen LogP contribution in [-0.2, 0) is 19.1 Å². The average Bonchev–Trinajstić information content (AvgIpc) is 3.08. The van der Waals surface area contributed by atoms with Crippen LogP contribution in [0.3, 0.4) is 0 Å². The molecule has 0 bridgehead atoms. The summed E-state index contributed by atoms with van der Waals surface area (Å²) in [5.74, 6) is -2.19. The van der Waals surface area contributed by atoms with E-state index in [1.165, 1.54) is 0 Å². The van der Waals surface area contributed by atoms with Gasteiger partial charge >= 0.3 is 5.97 Å². The lowest BCUT2D eigenvalue weighted by Gasteiger charge is -2.42. The Morgan fingerprint density at radius 3 is 2.20 bits per heavy atom. The lowest BCUT2D eigenvalue weighted by Crippen LogP contribution is -2.54. The minimum absolute atomic E-state index is 0.0872. The summed E-state index contributed by atoms with van der Waals surface area (Å²) in [4.78, 5) is 69.0. The van der Waals surface area contributed by atoms with E-state index in [4.69, 9.17) is 4.74 Å². The summed E-state index contributed by atoms with van der Waals surface area (Å²) in [5, 5.41) is 2.24. The van der Waals surface area contributed by atoms with Crippen LogP contribution in [0.1, 0.15) is 88.4 Å². The molecular formula is C30H42N4O6. The van der Waals surface area contributed by atoms with Crippen LogP contribution in [-0.4, -0.2) is 83.8 Å². The molecular weight excluding hydrogens is 512 g/mol. The number of ether oxygens (including phenoxy) is 1. The zero-order valence-corrected chi connectivity index (χ0v) is 24.8. The Labute approximate surface area is 236 Å². The molecule has 1 aromatic carbocycles. The number of imide groups is 2. The number of anilines is 1. The fourth-order valence-corrected chi connectivity index (χ4v) is 6.25. The molecule has 1 N–H and O–H groups in total. The van der Waals surface area contributed by atoms with E-state index in [1.54, 1.807) is 12.1 Å². The molecule has 3 aliphatic heterocycles. The van der Waals surface area contributed by atoms with Gasteiger partial charge in [0.2, 0.25) is 11.8 Å². The van der Waals surface area contributed by atoms with Gasteiger partial charge in [-0.25, -0.2) is 0 Å². The molecule has 1 aromatic rings. The normalized spacial score (nSPS) is 21.0. The minimum Gasteiger partial charge on any atom is -0.460 e. The van der Waals surface area contributed by atoms with E-state index >= 15 is 0 Å². The number of nitrogens with one attached hydrogen (secondary N) is 1. The maximum atomic E-state index is 13.5. The van der Waals surface area contributed by atoms with Gasteiger partial charge in [-0.1, -0.05) is 19.9 Å². The molecule has 0 radical (unpaired) electrons. The molecule has 2 fully saturated rings. The Morgan fingerprint density at radius 1 is 0.950 bits per heavy atom. The lowest BCUT2D eigenvalue weighted by atomic mass is 9.74. The second-order valence-corrected chi connectivity index (χ2v) is 13.6. The number of hydrogen-bond acceptors (Lipinski definition) is 8. The van der Waals surface area contributed by atoms with Gasteiger partial charge in [-0.05, 0) is 65.0 Å². The number of esters is 1. The summed E-state index contributed by atoms with van der Waals surface area (Å²) in [7, 11) is 0. The Hall–Kier alpha value is -3.27. The number of carbonyl (C=O) groups is 5. The largest absolute Gasteiger partial charge is 0.460 e. The summed E-state index contributed by atoms with van der Waals surface area (Å²) in [6.07, 6.45) is 0.892. The molecule has 10 heteroatoms. The fourth-order valence-electron chi connectivity index (χ4n) is 6.25. The number of piperazine rings is 1. The monoisotopic (exact) mass is 554 g/mol. The minimum atomic E-state index is -0.984. The van der Waals surface area contributed by atoms with Gasteiger partial charge < -0.3 is 9.64 Å². The van der Waals surface area contributed by atoms with Gasteiger partial charge in [0.15, 0.2) is 0 Å². The lowest BCUT2D eigenvalue weighted by molar-refractivity contribution is -0.167. The highest BCUT2D eigenvalue weighted by molar-refractivity contribution is 6.25. The Bertz CT molecular complexity index is 1220. The number of fused-ring (bicyclic) bond motifs is 1. The molecule has 10 nitrogen and oxygen atoms in total. The van der Waals surface area contributed by atoms with Gasteiger partial charge in [-0.15, -0.1) is 0 Å². The van der Waals surface area contributed by atoms with Gasteiger partial charge in [-0.2, -0.15) is 0 Å². The van der Waals surface area contributed by atoms with E-state index in [0.717, 1.165) is 24.5 Å². The van der Waals surface area contributed by atoms with Crippen molar-refractivity contribution in [2.45, 2.75) is 79.4 Å². The van der Waals surface area contributed by atoms with Gasteiger partial charge in [0.1, 0.15) is 11.6 Å². The van der Waals surface area contributed by atoms with E-state index in [0.29, 0.717) is 36.3 Å². The molecule has 4 amide bonds. The molecule has 0 spiro atoms. The van der Waals surface area contributed by atoms with Gasteiger partial charge in [0.25, 0.3) is 11.8 Å². The summed E-state index contributed by atoms with van der Waals surface area (Å²) in [6.45, 7) is 17.5. The highest BCUT2D eigenvalue weighted by Crippen LogP contribution is 2.38. The van der Waals surface area contributed by atoms with Crippen molar-refractivity contribution in [3.05, 3.63) is 29.3 Å². The number of hydrogen-bond donors (Lipinski definition) is 1. The molecule has 218 valence electrons. The van der Waals surface area contributed by atoms with Gasteiger partial charge in [0, 0.05) is 39.1 Å². The number of rotatable bonds is 7. The van der Waals surface area contributed by atoms with Crippen LogP contribution >= 0.6 is 0 Å². The summed E-state index contributed by atoms with van der Waals surface area (Å²) in [5.41, 5.74) is 0.0179. The maximum absolute atomic E-state index is 13.5. The van der Waals surface area contributed by atoms with Crippen molar-refractivity contribution in [1.82, 2.24) is 15.1 Å². The molecule has 1 unspecified atom stereocenters. The van der Waals surface area contributed by atoms with Gasteiger partial charge in [0.05, 0.1) is 22.2 Å². The van der Waals surface area contributed by atoms with Crippen LogP contribution in [0.2, 0.25) is 0 Å². The number of nitrogens with zero attached hydrogens (tertiary/aromatic N) is 3. The number of benzene rings is 1. The fraction of sp³-hybridized carbons (Fsp3) is 0.633. The molecule has 3 aliphatic rings. The zero-order chi connectivity index (χ0) is 29.6. The van der Waals surface area contributed by atoms with Crippen LogP contribution in [0.4, 0.5) is 5.69 Å². The standard InChI is InChI=1S/C30H42N4O6/c1-28(2,3)40-27(39)30(6,7)17-29(4,5)18-32-13-15-33(16-14-32)20-10-8-9-19-23(20)26(38)34(25(19)37)21-11-12-22(35)31-24(21)36/h8-10,21H,11-18H2,1-7H3,(H,31,35,36). The first kappa shape index (κ1) is 29.7. The number of carbonyl (C=O) groups excluding carboxylic acids is 5. The van der Waals surface area contributed by atoms with Gasteiger partial charge in [-0.3, -0.25) is 39.1 Å². The van der Waals surface area contributed by atoms with Crippen molar-refractivity contribution >= 4 is 35.3 Å². The summed E-state index contributed by atoms with van der Waals surface area (Å²) >= 11 is 0. The topological polar surface area (TPSA) is 116 Å². The Morgan fingerprint density at radius 2 is 1.60 bits per heavy atom. The Kier molecular flexibility index (Phi) is 7.88. The average molecular weight is 555 g/mol. The van der Waals surface area contributed by atoms with Crippen molar-refractivity contribution in [3.63, 3.8) is 0 Å². The van der Waals surface area contributed by atoms with Crippen molar-refractivity contribution in [2.75, 3.05) is 37.6 Å². The molecule has 0 aliphatic carbocycles. The first-order chi connectivity index (χ1) is 18.5. The van der Waals surface area contributed by atoms with E-state index in [1.807, 2.05) is 40.7 Å². The van der Waals surface area contributed by atoms with Crippen molar-refractivity contribution in [3.8, 4) is 0 Å². The highest BCUT2D eigenvalue weighted by Gasteiger charge is 2.46. The molecule has 2 saturated heterocycles. The van der Waals surface area contributed by atoms with Crippen molar-refractivity contribution in [1.29, 1.82) is 0 Å². The number of amides is 4. The molecule has 40 heavy (non-hydrogen) atoms. The molecule has 0 aromatic heterocycles. The van der Waals surface area contributed by atoms with E-state index in [9.17, 15) is 24.0 Å². The third-order valence-electron chi connectivity index (χ3n) is 7.68. The first-order valence-electron chi connectivity index (χ1n) is 14.0. The SMILES string of the molecule is CC(C)(CN1CCN(c2cccc3c2C(=O)N(C2CCC(=O)NC2=O)C3=O)CC1)CC(C)(C)C(=O)OC(C)(C)C. The molecule has 0 saturated carbocycles. The van der Waals surface area contributed by atoms with E-state index < -0.39 is 40.7 Å². The predicted octanol–water partition coefficient (Wildman–Crippen LogP) is 2.99. The third-order valence-corrected chi connectivity index (χ3v) is 7.68. The summed E-state index contributed by atoms with van der Waals surface area (Å²) in [6, 6.07) is 4.25. The summed E-state index contributed by atoms with van der Waals surface area (Å²) < 4.78 is 5.66. The number of piperidine rings is 1. The second-order valence-electron chi connectivity index (χ2n) is 13.6. The third kappa shape index (κ3) is 6.22. The Balaban J connectivity index is 1.41. The van der Waals surface area contributed by atoms with Crippen molar-refractivity contribution in [2.24, 2.45) is 10.8 Å². The van der Waals surface area contributed by atoms with Crippen LogP contribution in [0.15, 0.2) is 18.2 Å². The van der Waals surface area contributed by atoms with Crippen LogP contribution in [0, 0.1) is 10.8 Å². The quantitative estimate of drug-likeness (QED) is 0.404. The molecule has 4 rings (SSSR count). The molecule has 1 atom stereocenters. The van der Waals surface area contributed by atoms with Crippen LogP contribution in [0.25, 0.3) is 0 Å². The highest BCUT2D eigenvalue weighted by atomic mass is 16.6. The van der Waals surface area contributed by atoms with E-state index in [2.05, 4.69) is 29.0 Å². The zero-order valence-electron chi connectivity index (χ0n) is 24.8. The maximum Gasteiger partial charge on any atom is 0.312 e. The van der Waals surface area contributed by atoms with Crippen molar-refractivity contribution < 1.29 is 28.7 Å².